The average Bonchev–Trinajstić information content (AvgIpc) is 2.79. The Balaban J connectivity index is 1.78. The van der Waals surface area contributed by atoms with Crippen molar-refractivity contribution in [2.45, 2.75) is 26.2 Å². The summed E-state index contributed by atoms with van der Waals surface area (Å²) in [6.07, 6.45) is 0.245. The van der Waals surface area contributed by atoms with Crippen LogP contribution < -0.4 is 0 Å². The summed E-state index contributed by atoms with van der Waals surface area (Å²) >= 11 is 0. The highest BCUT2D eigenvalue weighted by Crippen LogP contribution is 2.16. The summed E-state index contributed by atoms with van der Waals surface area (Å²) in [7, 11) is 0. The first-order valence-corrected chi connectivity index (χ1v) is 9.53. The Labute approximate surface area is 187 Å². The van der Waals surface area contributed by atoms with Crippen molar-refractivity contribution in [2.24, 2.45) is 0 Å². The molecular formula is C21H22O12. The Morgan fingerprint density at radius 2 is 1.48 bits per heavy atom. The van der Waals surface area contributed by atoms with Crippen molar-refractivity contribution in [3.8, 4) is 0 Å². The zero-order valence-electron chi connectivity index (χ0n) is 17.3. The first-order valence-electron chi connectivity index (χ1n) is 9.53. The van der Waals surface area contributed by atoms with Crippen molar-refractivity contribution in [1.29, 1.82) is 0 Å². The third kappa shape index (κ3) is 7.91. The first kappa shape index (κ1) is 25.9. The topological polar surface area (TPSA) is 178 Å². The lowest BCUT2D eigenvalue weighted by molar-refractivity contribution is -0.305. The highest BCUT2D eigenvalue weighted by atomic mass is 17.2. The quantitative estimate of drug-likeness (QED) is 0.139. The molecular weight excluding hydrogens is 444 g/mol. The van der Waals surface area contributed by atoms with Crippen molar-refractivity contribution < 1.29 is 59.4 Å². The van der Waals surface area contributed by atoms with Gasteiger partial charge in [-0.25, -0.2) is 33.9 Å². The fourth-order valence-corrected chi connectivity index (χ4v) is 2.74. The molecule has 4 N–H and O–H groups in total. The molecule has 33 heavy (non-hydrogen) atoms. The average molecular weight is 466 g/mol. The van der Waals surface area contributed by atoms with E-state index >= 15 is 0 Å². The van der Waals surface area contributed by atoms with Crippen LogP contribution in [0, 0.1) is 0 Å². The van der Waals surface area contributed by atoms with Gasteiger partial charge >= 0.3 is 17.9 Å². The molecule has 0 bridgehead atoms. The monoisotopic (exact) mass is 466 g/mol. The van der Waals surface area contributed by atoms with E-state index in [1.165, 1.54) is 36.4 Å². The van der Waals surface area contributed by atoms with Crippen molar-refractivity contribution in [3.63, 3.8) is 0 Å². The van der Waals surface area contributed by atoms with Gasteiger partial charge in [-0.2, -0.15) is 0 Å². The van der Waals surface area contributed by atoms with Gasteiger partial charge in [0.15, 0.2) is 0 Å². The number of esters is 1. The molecule has 0 aliphatic heterocycles. The van der Waals surface area contributed by atoms with Crippen LogP contribution >= 0.6 is 0 Å². The van der Waals surface area contributed by atoms with E-state index in [-0.39, 0.29) is 56.1 Å². The molecule has 12 nitrogen and oxygen atoms in total. The van der Waals surface area contributed by atoms with Gasteiger partial charge in [-0.15, -0.1) is 0 Å². The van der Waals surface area contributed by atoms with E-state index in [1.54, 1.807) is 0 Å². The zero-order valence-corrected chi connectivity index (χ0v) is 17.3. The maximum absolute atomic E-state index is 12.2. The summed E-state index contributed by atoms with van der Waals surface area (Å²) in [4.78, 5) is 52.6. The van der Waals surface area contributed by atoms with Crippen LogP contribution in [0.25, 0.3) is 0 Å². The van der Waals surface area contributed by atoms with E-state index in [1.807, 2.05) is 0 Å². The molecule has 0 amide bonds. The third-order valence-corrected chi connectivity index (χ3v) is 4.34. The molecule has 2 rings (SSSR count). The minimum atomic E-state index is -1.33. The standard InChI is InChI=1S/C21H22O12/c22-19(23)14-3-4-15(16(9-14)11-31-28)12-33-32-7-1-6-29-21(26)17-5-2-13(10-30-27)8-18(17)20(24)25/h2-5,8-9,27-28H,1,6-7,10-12H2,(H,22,23)(H,24,25). The second kappa shape index (κ2) is 13.2. The summed E-state index contributed by atoms with van der Waals surface area (Å²) in [6.45, 7) is -0.540. The van der Waals surface area contributed by atoms with Gasteiger partial charge in [-0.1, -0.05) is 12.1 Å². The molecule has 0 aliphatic carbocycles. The Kier molecular flexibility index (Phi) is 10.4. The molecule has 0 aromatic heterocycles. The number of carboxylic acids is 2. The molecule has 0 saturated heterocycles. The number of rotatable bonds is 14. The van der Waals surface area contributed by atoms with E-state index in [4.69, 9.17) is 30.1 Å². The van der Waals surface area contributed by atoms with Crippen molar-refractivity contribution in [2.75, 3.05) is 13.2 Å². The summed E-state index contributed by atoms with van der Waals surface area (Å²) in [5.74, 6) is -3.30. The molecule has 12 heteroatoms. The second-order valence-corrected chi connectivity index (χ2v) is 6.59. The molecule has 0 fully saturated rings. The summed E-state index contributed by atoms with van der Waals surface area (Å²) in [5, 5.41) is 35.4. The van der Waals surface area contributed by atoms with Crippen LogP contribution in [0.5, 0.6) is 0 Å². The van der Waals surface area contributed by atoms with Crippen LogP contribution in [-0.2, 0) is 44.1 Å². The van der Waals surface area contributed by atoms with Gasteiger partial charge < -0.3 is 14.9 Å². The number of carbonyl (C=O) groups is 3. The highest BCUT2D eigenvalue weighted by Gasteiger charge is 2.18. The minimum absolute atomic E-state index is 0.0240. The van der Waals surface area contributed by atoms with Crippen molar-refractivity contribution in [1.82, 2.24) is 0 Å². The van der Waals surface area contributed by atoms with Crippen LogP contribution in [0.15, 0.2) is 36.4 Å². The van der Waals surface area contributed by atoms with Gasteiger partial charge in [0.1, 0.15) is 19.8 Å². The van der Waals surface area contributed by atoms with E-state index in [0.29, 0.717) is 16.7 Å². The Bertz CT molecular complexity index is 972. The van der Waals surface area contributed by atoms with E-state index in [0.717, 1.165) is 0 Å². The minimum Gasteiger partial charge on any atom is -0.478 e. The first-order chi connectivity index (χ1) is 15.9. The maximum Gasteiger partial charge on any atom is 0.339 e. The van der Waals surface area contributed by atoms with Crippen molar-refractivity contribution >= 4 is 17.9 Å². The lowest BCUT2D eigenvalue weighted by Crippen LogP contribution is -2.14. The van der Waals surface area contributed by atoms with Gasteiger partial charge in [0.05, 0.1) is 29.9 Å². The van der Waals surface area contributed by atoms with Crippen LogP contribution in [0.4, 0.5) is 0 Å². The number of aromatic carboxylic acids is 2. The maximum atomic E-state index is 12.2. The molecule has 0 heterocycles. The predicted molar refractivity (Wildman–Crippen MR) is 107 cm³/mol. The van der Waals surface area contributed by atoms with Crippen LogP contribution in [0.3, 0.4) is 0 Å². The molecule has 0 spiro atoms. The molecule has 178 valence electrons. The molecule has 0 saturated carbocycles. The number of hydrogen-bond acceptors (Lipinski definition) is 10. The number of hydrogen-bond donors (Lipinski definition) is 4. The number of benzene rings is 2. The molecule has 0 aliphatic rings. The predicted octanol–water partition coefficient (Wildman–Crippen LogP) is 2.76. The van der Waals surface area contributed by atoms with Gasteiger partial charge in [-0.05, 0) is 41.0 Å². The summed E-state index contributed by atoms with van der Waals surface area (Å²) in [5.41, 5.74) is 0.896. The smallest absolute Gasteiger partial charge is 0.339 e. The largest absolute Gasteiger partial charge is 0.478 e. The van der Waals surface area contributed by atoms with E-state index in [2.05, 4.69) is 9.78 Å². The molecule has 2 aromatic carbocycles. The van der Waals surface area contributed by atoms with Crippen molar-refractivity contribution in [3.05, 3.63) is 69.8 Å². The fourth-order valence-electron chi connectivity index (χ4n) is 2.74. The molecule has 0 unspecified atom stereocenters. The molecule has 0 radical (unpaired) electrons. The Hall–Kier alpha value is -3.39. The number of ether oxygens (including phenoxy) is 1. The lowest BCUT2D eigenvalue weighted by atomic mass is 10.0. The SMILES string of the molecule is O=C(O)c1ccc(COOCCCOC(=O)c2ccc(COO)cc2C(=O)O)c(COO)c1. The van der Waals surface area contributed by atoms with Gasteiger partial charge in [-0.3, -0.25) is 10.5 Å². The number of carbonyl (C=O) groups excluding carboxylic acids is 1. The molecule has 0 atom stereocenters. The van der Waals surface area contributed by atoms with E-state index < -0.39 is 17.9 Å². The normalized spacial score (nSPS) is 10.7. The lowest BCUT2D eigenvalue weighted by Gasteiger charge is -2.10. The summed E-state index contributed by atoms with van der Waals surface area (Å²) in [6, 6.07) is 8.10. The van der Waals surface area contributed by atoms with E-state index in [9.17, 15) is 19.5 Å². The van der Waals surface area contributed by atoms with Crippen LogP contribution in [0.1, 0.15) is 54.2 Å². The van der Waals surface area contributed by atoms with Gasteiger partial charge in [0, 0.05) is 6.42 Å². The Morgan fingerprint density at radius 3 is 2.15 bits per heavy atom. The highest BCUT2D eigenvalue weighted by molar-refractivity contribution is 6.02. The van der Waals surface area contributed by atoms with Gasteiger partial charge in [0.25, 0.3) is 0 Å². The third-order valence-electron chi connectivity index (χ3n) is 4.34. The Morgan fingerprint density at radius 1 is 0.727 bits per heavy atom. The van der Waals surface area contributed by atoms with Gasteiger partial charge in [0.2, 0.25) is 0 Å². The second-order valence-electron chi connectivity index (χ2n) is 6.59. The summed E-state index contributed by atoms with van der Waals surface area (Å²) < 4.78 is 5.05. The van der Waals surface area contributed by atoms with Crippen LogP contribution in [-0.4, -0.2) is 51.8 Å². The molecule has 2 aromatic rings. The fraction of sp³-hybridized carbons (Fsp3) is 0.286. The number of carboxylic acid groups (broad SMARTS) is 2. The zero-order chi connectivity index (χ0) is 24.2. The van der Waals surface area contributed by atoms with Crippen LogP contribution in [0.2, 0.25) is 0 Å².